The van der Waals surface area contributed by atoms with Crippen molar-refractivity contribution in [2.24, 2.45) is 7.05 Å². The molecule has 0 saturated carbocycles. The maximum absolute atomic E-state index is 5.54. The van der Waals surface area contributed by atoms with E-state index in [1.807, 2.05) is 11.7 Å². The molecule has 0 radical (unpaired) electrons. The van der Waals surface area contributed by atoms with Crippen LogP contribution in [0.4, 0.5) is 0 Å². The van der Waals surface area contributed by atoms with E-state index in [9.17, 15) is 0 Å². The Hall–Kier alpha value is -1.81. The van der Waals surface area contributed by atoms with Crippen molar-refractivity contribution in [3.63, 3.8) is 0 Å². The highest BCUT2D eigenvalue weighted by atomic mass is 16.5. The second-order valence-electron chi connectivity index (χ2n) is 5.60. The Labute approximate surface area is 126 Å². The summed E-state index contributed by atoms with van der Waals surface area (Å²) in [5.41, 5.74) is 5.24. The molecule has 2 aromatic rings. The number of aromatic nitrogens is 2. The predicted octanol–water partition coefficient (Wildman–Crippen LogP) is 2.25. The predicted molar refractivity (Wildman–Crippen MR) is 83.6 cm³/mol. The maximum Gasteiger partial charge on any atom is 0.122 e. The van der Waals surface area contributed by atoms with Crippen molar-refractivity contribution in [3.05, 3.63) is 46.8 Å². The van der Waals surface area contributed by atoms with Crippen molar-refractivity contribution < 1.29 is 4.74 Å². The van der Waals surface area contributed by atoms with Crippen LogP contribution in [0.15, 0.2) is 24.4 Å². The molecule has 0 atom stereocenters. The molecular formula is C17H23N3O. The van der Waals surface area contributed by atoms with Gasteiger partial charge in [-0.2, -0.15) is 5.10 Å². The molecule has 4 heteroatoms. The van der Waals surface area contributed by atoms with Gasteiger partial charge in [-0.15, -0.1) is 0 Å². The lowest BCUT2D eigenvalue weighted by Crippen LogP contribution is -2.17. The van der Waals surface area contributed by atoms with Crippen molar-refractivity contribution in [2.45, 2.75) is 32.7 Å². The van der Waals surface area contributed by atoms with Crippen LogP contribution >= 0.6 is 0 Å². The number of rotatable bonds is 6. The average Bonchev–Trinajstić information content (AvgIpc) is 3.09. The van der Waals surface area contributed by atoms with Crippen LogP contribution in [-0.4, -0.2) is 22.9 Å². The molecular weight excluding hydrogens is 262 g/mol. The molecule has 0 aliphatic carbocycles. The van der Waals surface area contributed by atoms with Gasteiger partial charge in [-0.25, -0.2) is 0 Å². The topological polar surface area (TPSA) is 39.1 Å². The van der Waals surface area contributed by atoms with Crippen molar-refractivity contribution >= 4 is 0 Å². The lowest BCUT2D eigenvalue weighted by atomic mass is 10.1. The summed E-state index contributed by atoms with van der Waals surface area (Å²) in [6.45, 7) is 4.86. The number of hydrogen-bond acceptors (Lipinski definition) is 3. The summed E-state index contributed by atoms with van der Waals surface area (Å²) in [6, 6.07) is 6.56. The second-order valence-corrected chi connectivity index (χ2v) is 5.60. The van der Waals surface area contributed by atoms with E-state index >= 15 is 0 Å². The third-order valence-corrected chi connectivity index (χ3v) is 3.99. The Morgan fingerprint density at radius 3 is 3.14 bits per heavy atom. The van der Waals surface area contributed by atoms with Gasteiger partial charge < -0.3 is 10.1 Å². The highest BCUT2D eigenvalue weighted by Crippen LogP contribution is 2.25. The minimum Gasteiger partial charge on any atom is -0.493 e. The van der Waals surface area contributed by atoms with E-state index in [0.717, 1.165) is 44.7 Å². The Morgan fingerprint density at radius 1 is 1.38 bits per heavy atom. The molecule has 3 rings (SSSR count). The minimum absolute atomic E-state index is 0.831. The summed E-state index contributed by atoms with van der Waals surface area (Å²) >= 11 is 0. The lowest BCUT2D eigenvalue weighted by Gasteiger charge is -2.06. The monoisotopic (exact) mass is 285 g/mol. The van der Waals surface area contributed by atoms with Gasteiger partial charge in [0.15, 0.2) is 0 Å². The van der Waals surface area contributed by atoms with Gasteiger partial charge in [-0.1, -0.05) is 19.1 Å². The number of hydrogen-bond donors (Lipinski definition) is 1. The third kappa shape index (κ3) is 3.27. The van der Waals surface area contributed by atoms with Crippen molar-refractivity contribution in [2.75, 3.05) is 13.2 Å². The summed E-state index contributed by atoms with van der Waals surface area (Å²) < 4.78 is 7.44. The minimum atomic E-state index is 0.831. The number of aryl methyl sites for hydroxylation is 2. The fourth-order valence-corrected chi connectivity index (χ4v) is 2.88. The zero-order valence-corrected chi connectivity index (χ0v) is 12.9. The molecule has 112 valence electrons. The molecule has 0 fully saturated rings. The highest BCUT2D eigenvalue weighted by molar-refractivity contribution is 5.39. The van der Waals surface area contributed by atoms with Gasteiger partial charge in [0.1, 0.15) is 5.75 Å². The Kier molecular flexibility index (Phi) is 4.25. The maximum atomic E-state index is 5.54. The molecule has 1 aromatic carbocycles. The Balaban J connectivity index is 1.50. The van der Waals surface area contributed by atoms with Gasteiger partial charge in [-0.3, -0.25) is 4.68 Å². The molecule has 1 N–H and O–H groups in total. The second kappa shape index (κ2) is 6.31. The zero-order valence-electron chi connectivity index (χ0n) is 12.9. The summed E-state index contributed by atoms with van der Waals surface area (Å²) in [4.78, 5) is 0. The van der Waals surface area contributed by atoms with E-state index in [2.05, 4.69) is 41.7 Å². The first-order valence-corrected chi connectivity index (χ1v) is 7.73. The summed E-state index contributed by atoms with van der Waals surface area (Å²) in [7, 11) is 1.98. The molecule has 1 aliphatic rings. The van der Waals surface area contributed by atoms with Crippen LogP contribution < -0.4 is 10.1 Å². The van der Waals surface area contributed by atoms with Crippen molar-refractivity contribution in [3.8, 4) is 5.75 Å². The van der Waals surface area contributed by atoms with Crippen LogP contribution in [0.5, 0.6) is 5.75 Å². The van der Waals surface area contributed by atoms with Crippen LogP contribution in [-0.2, 0) is 32.9 Å². The molecule has 0 spiro atoms. The first kappa shape index (κ1) is 14.1. The van der Waals surface area contributed by atoms with Crippen molar-refractivity contribution in [1.82, 2.24) is 15.1 Å². The molecule has 2 heterocycles. The molecule has 1 aromatic heterocycles. The standard InChI is InChI=1S/C17H23N3O/c1-3-16-15(12-20(2)19-16)11-18-8-6-13-4-5-17-14(10-13)7-9-21-17/h4-5,10,12,18H,3,6-9,11H2,1-2H3. The molecule has 0 saturated heterocycles. The molecule has 0 bridgehead atoms. The largest absolute Gasteiger partial charge is 0.493 e. The van der Waals surface area contributed by atoms with Gasteiger partial charge in [-0.05, 0) is 36.6 Å². The first-order chi connectivity index (χ1) is 10.3. The fourth-order valence-electron chi connectivity index (χ4n) is 2.88. The molecule has 4 nitrogen and oxygen atoms in total. The summed E-state index contributed by atoms with van der Waals surface area (Å²) in [6.07, 6.45) is 5.20. The number of fused-ring (bicyclic) bond motifs is 1. The molecule has 1 aliphatic heterocycles. The fraction of sp³-hybridized carbons (Fsp3) is 0.471. The number of benzene rings is 1. The van der Waals surface area contributed by atoms with E-state index in [4.69, 9.17) is 4.74 Å². The van der Waals surface area contributed by atoms with Gasteiger partial charge in [0.2, 0.25) is 0 Å². The van der Waals surface area contributed by atoms with E-state index < -0.39 is 0 Å². The molecule has 0 amide bonds. The van der Waals surface area contributed by atoms with Crippen LogP contribution in [0, 0.1) is 0 Å². The number of ether oxygens (including phenoxy) is 1. The number of nitrogens with one attached hydrogen (secondary N) is 1. The van der Waals surface area contributed by atoms with Crippen molar-refractivity contribution in [1.29, 1.82) is 0 Å². The van der Waals surface area contributed by atoms with Gasteiger partial charge in [0.25, 0.3) is 0 Å². The highest BCUT2D eigenvalue weighted by Gasteiger charge is 2.11. The van der Waals surface area contributed by atoms with Crippen LogP contribution in [0.2, 0.25) is 0 Å². The van der Waals surface area contributed by atoms with Gasteiger partial charge >= 0.3 is 0 Å². The lowest BCUT2D eigenvalue weighted by molar-refractivity contribution is 0.357. The summed E-state index contributed by atoms with van der Waals surface area (Å²) in [5, 5.41) is 7.99. The zero-order chi connectivity index (χ0) is 14.7. The normalized spacial score (nSPS) is 13.2. The quantitative estimate of drug-likeness (QED) is 0.827. The van der Waals surface area contributed by atoms with Gasteiger partial charge in [0, 0.05) is 31.8 Å². The number of nitrogens with zero attached hydrogens (tertiary/aromatic N) is 2. The van der Waals surface area contributed by atoms with Crippen LogP contribution in [0.25, 0.3) is 0 Å². The van der Waals surface area contributed by atoms with Crippen LogP contribution in [0.1, 0.15) is 29.3 Å². The smallest absolute Gasteiger partial charge is 0.122 e. The summed E-state index contributed by atoms with van der Waals surface area (Å²) in [5.74, 6) is 1.06. The van der Waals surface area contributed by atoms with E-state index in [-0.39, 0.29) is 0 Å². The molecule has 0 unspecified atom stereocenters. The van der Waals surface area contributed by atoms with E-state index in [0.29, 0.717) is 0 Å². The SMILES string of the molecule is CCc1nn(C)cc1CNCCc1ccc2c(c1)CCO2. The van der Waals surface area contributed by atoms with Crippen LogP contribution in [0.3, 0.4) is 0 Å². The first-order valence-electron chi connectivity index (χ1n) is 7.73. The Morgan fingerprint density at radius 2 is 2.29 bits per heavy atom. The molecule has 21 heavy (non-hydrogen) atoms. The van der Waals surface area contributed by atoms with E-state index in [1.54, 1.807) is 0 Å². The van der Waals surface area contributed by atoms with E-state index in [1.165, 1.54) is 22.4 Å². The van der Waals surface area contributed by atoms with Gasteiger partial charge in [0.05, 0.1) is 12.3 Å². The Bertz CT molecular complexity index is 618. The third-order valence-electron chi connectivity index (χ3n) is 3.99. The average molecular weight is 285 g/mol.